The minimum atomic E-state index is 0.181. The van der Waals surface area contributed by atoms with Crippen molar-refractivity contribution in [2.24, 2.45) is 0 Å². The molecule has 2 aromatic rings. The number of aliphatic hydroxyl groups excluding tert-OH is 1. The van der Waals surface area contributed by atoms with E-state index in [1.807, 2.05) is 60.7 Å². The monoisotopic (exact) mass is 400 g/mol. The molecule has 0 bridgehead atoms. The second-order valence-corrected chi connectivity index (χ2v) is 6.76. The van der Waals surface area contributed by atoms with E-state index in [1.54, 1.807) is 0 Å². The van der Waals surface area contributed by atoms with Gasteiger partial charge in [-0.1, -0.05) is 73.5 Å². The van der Waals surface area contributed by atoms with Gasteiger partial charge in [0.2, 0.25) is 0 Å². The second-order valence-electron chi connectivity index (χ2n) is 6.76. The molecule has 2 rings (SSSR count). The molecule has 0 spiro atoms. The maximum Gasteiger partial charge on any atom is 0.162 e. The van der Waals surface area contributed by atoms with E-state index in [4.69, 9.17) is 10.4 Å². The van der Waals surface area contributed by atoms with Gasteiger partial charge in [0.25, 0.3) is 0 Å². The van der Waals surface area contributed by atoms with Crippen LogP contribution in [0.3, 0.4) is 0 Å². The van der Waals surface area contributed by atoms with E-state index < -0.39 is 0 Å². The number of rotatable bonds is 13. The van der Waals surface area contributed by atoms with Gasteiger partial charge in [-0.25, -0.2) is 4.89 Å². The zero-order chi connectivity index (χ0) is 21.2. The number of unbranched alkanes of at least 4 members (excludes halogenated alkanes) is 4. The van der Waals surface area contributed by atoms with Crippen molar-refractivity contribution < 1.29 is 24.8 Å². The van der Waals surface area contributed by atoms with Crippen molar-refractivity contribution in [1.82, 2.24) is 0 Å². The number of hydrogen-bond donors (Lipinski definition) is 2. The number of carbonyl (C=O) groups excluding carboxylic acids is 2. The van der Waals surface area contributed by atoms with Crippen LogP contribution in [0.2, 0.25) is 0 Å². The van der Waals surface area contributed by atoms with Crippen LogP contribution < -0.4 is 0 Å². The second kappa shape index (κ2) is 16.6. The Hall–Kier alpha value is -2.34. The fourth-order valence-electron chi connectivity index (χ4n) is 2.74. The summed E-state index contributed by atoms with van der Waals surface area (Å²) < 4.78 is 0. The molecule has 0 aliphatic heterocycles. The van der Waals surface area contributed by atoms with Crippen molar-refractivity contribution in [3.63, 3.8) is 0 Å². The zero-order valence-corrected chi connectivity index (χ0v) is 17.0. The fourth-order valence-corrected chi connectivity index (χ4v) is 2.74. The van der Waals surface area contributed by atoms with E-state index in [0.29, 0.717) is 19.4 Å². The molecule has 0 saturated heterocycles. The van der Waals surface area contributed by atoms with E-state index in [9.17, 15) is 9.59 Å². The van der Waals surface area contributed by atoms with Crippen LogP contribution in [0.1, 0.15) is 72.1 Å². The Morgan fingerprint density at radius 2 is 1.10 bits per heavy atom. The van der Waals surface area contributed by atoms with Gasteiger partial charge in [-0.05, 0) is 25.7 Å². The van der Waals surface area contributed by atoms with Crippen molar-refractivity contribution in [2.45, 2.75) is 51.4 Å². The van der Waals surface area contributed by atoms with E-state index in [0.717, 1.165) is 49.7 Å². The predicted molar refractivity (Wildman–Crippen MR) is 114 cm³/mol. The van der Waals surface area contributed by atoms with Gasteiger partial charge in [0.1, 0.15) is 0 Å². The minimum absolute atomic E-state index is 0.181. The van der Waals surface area contributed by atoms with Gasteiger partial charge in [-0.2, -0.15) is 0 Å². The van der Waals surface area contributed by atoms with Gasteiger partial charge < -0.3 is 5.11 Å². The molecule has 0 aromatic heterocycles. The Morgan fingerprint density at radius 1 is 0.655 bits per heavy atom. The first-order valence-corrected chi connectivity index (χ1v) is 10.2. The molecular weight excluding hydrogens is 368 g/mol. The van der Waals surface area contributed by atoms with Gasteiger partial charge in [0, 0.05) is 30.6 Å². The van der Waals surface area contributed by atoms with Gasteiger partial charge in [0.05, 0.1) is 6.61 Å². The van der Waals surface area contributed by atoms with Crippen molar-refractivity contribution in [1.29, 1.82) is 0 Å². The highest BCUT2D eigenvalue weighted by atomic mass is 17.1. The van der Waals surface area contributed by atoms with Crippen LogP contribution in [0, 0.1) is 0 Å². The largest absolute Gasteiger partial charge is 0.396 e. The molecule has 0 atom stereocenters. The Labute approximate surface area is 173 Å². The van der Waals surface area contributed by atoms with Gasteiger partial charge in [-0.3, -0.25) is 14.8 Å². The molecule has 0 aliphatic carbocycles. The summed E-state index contributed by atoms with van der Waals surface area (Å²) in [4.78, 5) is 27.1. The summed E-state index contributed by atoms with van der Waals surface area (Å²) >= 11 is 0. The highest BCUT2D eigenvalue weighted by Gasteiger charge is 2.04. The topological polar surface area (TPSA) is 83.8 Å². The smallest absolute Gasteiger partial charge is 0.162 e. The van der Waals surface area contributed by atoms with Crippen LogP contribution in [-0.4, -0.2) is 35.1 Å². The predicted octanol–water partition coefficient (Wildman–Crippen LogP) is 5.34. The lowest BCUT2D eigenvalue weighted by molar-refractivity contribution is -0.242. The maximum atomic E-state index is 11.6. The average molecular weight is 401 g/mol. The quantitative estimate of drug-likeness (QED) is 0.205. The fraction of sp³-hybridized carbons (Fsp3) is 0.417. The van der Waals surface area contributed by atoms with Gasteiger partial charge in [0.15, 0.2) is 11.6 Å². The third kappa shape index (κ3) is 12.0. The molecule has 0 radical (unpaired) electrons. The lowest BCUT2D eigenvalue weighted by Gasteiger charge is -2.00. The molecule has 0 unspecified atom stereocenters. The van der Waals surface area contributed by atoms with Crippen molar-refractivity contribution in [2.75, 3.05) is 13.2 Å². The lowest BCUT2D eigenvalue weighted by Crippen LogP contribution is -1.98. The molecule has 2 N–H and O–H groups in total. The van der Waals surface area contributed by atoms with Gasteiger partial charge >= 0.3 is 0 Å². The molecule has 2 aromatic carbocycles. The highest BCUT2D eigenvalue weighted by molar-refractivity contribution is 5.96. The van der Waals surface area contributed by atoms with E-state index in [2.05, 4.69) is 4.89 Å². The summed E-state index contributed by atoms with van der Waals surface area (Å²) in [5, 5.41) is 16.6. The first kappa shape index (κ1) is 24.7. The lowest BCUT2D eigenvalue weighted by atomic mass is 10.1. The molecular formula is C24H32O5. The first-order valence-electron chi connectivity index (χ1n) is 10.2. The maximum absolute atomic E-state index is 11.6. The molecule has 29 heavy (non-hydrogen) atoms. The Kier molecular flexibility index (Phi) is 14.1. The summed E-state index contributed by atoms with van der Waals surface area (Å²) in [6, 6.07) is 18.6. The molecule has 5 heteroatoms. The summed E-state index contributed by atoms with van der Waals surface area (Å²) in [5.41, 5.74) is 1.56. The molecule has 0 saturated carbocycles. The van der Waals surface area contributed by atoms with E-state index >= 15 is 0 Å². The van der Waals surface area contributed by atoms with Crippen LogP contribution in [0.4, 0.5) is 0 Å². The van der Waals surface area contributed by atoms with Gasteiger partial charge in [-0.15, -0.1) is 0 Å². The van der Waals surface area contributed by atoms with Crippen LogP contribution >= 0.6 is 0 Å². The number of aliphatic hydroxyl groups is 1. The minimum Gasteiger partial charge on any atom is -0.396 e. The zero-order valence-electron chi connectivity index (χ0n) is 17.0. The highest BCUT2D eigenvalue weighted by Crippen LogP contribution is 2.08. The molecule has 0 fully saturated rings. The molecule has 5 nitrogen and oxygen atoms in total. The summed E-state index contributed by atoms with van der Waals surface area (Å²) in [7, 11) is 0. The third-order valence-corrected chi connectivity index (χ3v) is 4.39. The van der Waals surface area contributed by atoms with E-state index in [-0.39, 0.29) is 18.2 Å². The number of hydrogen-bond acceptors (Lipinski definition) is 5. The summed E-state index contributed by atoms with van der Waals surface area (Å²) in [6.07, 6.45) is 6.28. The summed E-state index contributed by atoms with van der Waals surface area (Å²) in [5.74, 6) is 0.379. The van der Waals surface area contributed by atoms with Crippen molar-refractivity contribution in [3.05, 3.63) is 71.8 Å². The Morgan fingerprint density at radius 3 is 1.52 bits per heavy atom. The number of benzene rings is 2. The SMILES string of the molecule is O=C(CCCCCO)c1ccccc1.O=C(CCCCCOO)c1ccccc1. The standard InChI is InChI=1S/C12H16O3.C12H16O2/c13-12(9-5-2-6-10-15-14)11-7-3-1-4-8-11;13-10-6-2-5-9-12(14)11-7-3-1-4-8-11/h1,3-4,7-8,14H,2,5-6,9-10H2;1,3-4,7-8,13H,2,5-6,9-10H2. The van der Waals surface area contributed by atoms with Crippen LogP contribution in [0.5, 0.6) is 0 Å². The Balaban J connectivity index is 0.000000291. The molecule has 0 heterocycles. The Bertz CT molecular complexity index is 670. The van der Waals surface area contributed by atoms with Crippen LogP contribution in [0.25, 0.3) is 0 Å². The summed E-state index contributed by atoms with van der Waals surface area (Å²) in [6.45, 7) is 0.569. The molecule has 158 valence electrons. The average Bonchev–Trinajstić information content (AvgIpc) is 2.78. The number of Topliss-reactive ketones (excluding diaryl/α,β-unsaturated/α-hetero) is 2. The van der Waals surface area contributed by atoms with Crippen LogP contribution in [0.15, 0.2) is 60.7 Å². The normalized spacial score (nSPS) is 10.1. The molecule has 0 aliphatic rings. The van der Waals surface area contributed by atoms with E-state index in [1.165, 1.54) is 0 Å². The van der Waals surface area contributed by atoms with Crippen molar-refractivity contribution in [3.8, 4) is 0 Å². The van der Waals surface area contributed by atoms with Crippen LogP contribution in [-0.2, 0) is 4.89 Å². The first-order chi connectivity index (χ1) is 14.2. The van der Waals surface area contributed by atoms with Crippen molar-refractivity contribution >= 4 is 11.6 Å². The number of ketones is 2. The third-order valence-electron chi connectivity index (χ3n) is 4.39. The molecule has 0 amide bonds. The number of carbonyl (C=O) groups is 2.